The Morgan fingerprint density at radius 2 is 1.71 bits per heavy atom. The van der Waals surface area contributed by atoms with E-state index in [0.717, 1.165) is 0 Å². The number of amides is 2. The largest absolute Gasteiger partial charge is 0.525 e. The number of hydrogen-bond donors (Lipinski definition) is 2. The van der Waals surface area contributed by atoms with Gasteiger partial charge < -0.3 is 10.5 Å². The summed E-state index contributed by atoms with van der Waals surface area (Å²) in [4.78, 5) is 23.0. The van der Waals surface area contributed by atoms with Gasteiger partial charge in [0.05, 0.1) is 24.0 Å². The number of halogens is 3. The second-order valence-electron chi connectivity index (χ2n) is 4.35. The monoisotopic (exact) mass is 330 g/mol. The lowest BCUT2D eigenvalue weighted by atomic mass is 9.82. The zero-order valence-electron chi connectivity index (χ0n) is 10.0. The van der Waals surface area contributed by atoms with E-state index in [1.54, 1.807) is 0 Å². The number of nitrogens with one attached hydrogen (secondary N) is 1. The SMILES string of the molecule is NC(=O)C1C2C=CC(O2)C1C(=O)NOS(=O)(=O)C(F)(F)F. The summed E-state index contributed by atoms with van der Waals surface area (Å²) < 4.78 is 66.0. The molecule has 3 N–H and O–H groups in total. The van der Waals surface area contributed by atoms with Crippen LogP contribution in [0, 0.1) is 11.8 Å². The van der Waals surface area contributed by atoms with Gasteiger partial charge in [-0.15, -0.1) is 4.28 Å². The van der Waals surface area contributed by atoms with Gasteiger partial charge in [0.15, 0.2) is 0 Å². The number of ether oxygens (including phenoxy) is 1. The van der Waals surface area contributed by atoms with Crippen molar-refractivity contribution in [1.82, 2.24) is 5.48 Å². The Bertz CT molecular complexity index is 601. The molecule has 21 heavy (non-hydrogen) atoms. The summed E-state index contributed by atoms with van der Waals surface area (Å²) in [6, 6.07) is 0. The number of primary amides is 1. The van der Waals surface area contributed by atoms with Gasteiger partial charge in [-0.05, 0) is 0 Å². The molecular formula is C9H9F3N2O6S. The van der Waals surface area contributed by atoms with Crippen LogP contribution < -0.4 is 11.2 Å². The molecule has 0 radical (unpaired) electrons. The third-order valence-corrected chi connectivity index (χ3v) is 3.94. The van der Waals surface area contributed by atoms with Crippen LogP contribution in [0.2, 0.25) is 0 Å². The number of hydrogen-bond acceptors (Lipinski definition) is 6. The van der Waals surface area contributed by atoms with E-state index in [0.29, 0.717) is 0 Å². The van der Waals surface area contributed by atoms with E-state index in [2.05, 4.69) is 4.28 Å². The van der Waals surface area contributed by atoms with Gasteiger partial charge in [-0.25, -0.2) is 5.48 Å². The fourth-order valence-electron chi connectivity index (χ4n) is 2.17. The molecule has 0 spiro atoms. The standard InChI is InChI=1S/C9H9F3N2O6S/c10-9(11,12)21(17,18)20-14-8(16)6-4-2-1-3(19-4)5(6)7(13)15/h1-6H,(H2,13,15)(H,14,16). The van der Waals surface area contributed by atoms with Crippen LogP contribution in [0.5, 0.6) is 0 Å². The molecular weight excluding hydrogens is 321 g/mol. The molecule has 2 bridgehead atoms. The van der Waals surface area contributed by atoms with Crippen molar-refractivity contribution < 1.29 is 40.2 Å². The van der Waals surface area contributed by atoms with E-state index in [4.69, 9.17) is 10.5 Å². The topological polar surface area (TPSA) is 125 Å². The minimum absolute atomic E-state index is 0.775. The maximum absolute atomic E-state index is 12.0. The third kappa shape index (κ3) is 2.73. The first-order valence-corrected chi connectivity index (χ1v) is 6.88. The summed E-state index contributed by atoms with van der Waals surface area (Å²) >= 11 is 0. The highest BCUT2D eigenvalue weighted by molar-refractivity contribution is 7.87. The average Bonchev–Trinajstić information content (AvgIpc) is 2.94. The maximum atomic E-state index is 12.0. The maximum Gasteiger partial charge on any atom is 0.525 e. The summed E-state index contributed by atoms with van der Waals surface area (Å²) in [6.45, 7) is 0. The van der Waals surface area contributed by atoms with Gasteiger partial charge in [-0.3, -0.25) is 9.59 Å². The number of rotatable bonds is 4. The van der Waals surface area contributed by atoms with Gasteiger partial charge in [0.25, 0.3) is 5.91 Å². The van der Waals surface area contributed by atoms with Crippen LogP contribution in [0.1, 0.15) is 0 Å². The molecule has 0 aromatic rings. The molecule has 0 aromatic carbocycles. The molecule has 4 atom stereocenters. The normalized spacial score (nSPS) is 31.4. The Morgan fingerprint density at radius 3 is 2.19 bits per heavy atom. The molecule has 2 amide bonds. The second-order valence-corrected chi connectivity index (χ2v) is 5.89. The quantitative estimate of drug-likeness (QED) is 0.384. The van der Waals surface area contributed by atoms with E-state index < -0.39 is 51.5 Å². The Balaban J connectivity index is 2.08. The van der Waals surface area contributed by atoms with Gasteiger partial charge >= 0.3 is 15.6 Å². The number of nitrogens with two attached hydrogens (primary N) is 1. The number of alkyl halides is 3. The van der Waals surface area contributed by atoms with Crippen molar-refractivity contribution in [2.24, 2.45) is 17.6 Å². The summed E-state index contributed by atoms with van der Waals surface area (Å²) in [5.41, 5.74) is 0.578. The zero-order chi connectivity index (χ0) is 16.0. The fraction of sp³-hybridized carbons (Fsp3) is 0.556. The van der Waals surface area contributed by atoms with Crippen LogP contribution >= 0.6 is 0 Å². The average molecular weight is 330 g/mol. The van der Waals surface area contributed by atoms with E-state index >= 15 is 0 Å². The molecule has 118 valence electrons. The van der Waals surface area contributed by atoms with Crippen LogP contribution in [0.15, 0.2) is 12.2 Å². The van der Waals surface area contributed by atoms with Crippen molar-refractivity contribution >= 4 is 21.9 Å². The molecule has 4 unspecified atom stereocenters. The molecule has 2 heterocycles. The zero-order valence-corrected chi connectivity index (χ0v) is 10.8. The number of hydroxylamine groups is 1. The number of carbonyl (C=O) groups excluding carboxylic acids is 2. The van der Waals surface area contributed by atoms with Crippen LogP contribution in [0.3, 0.4) is 0 Å². The molecule has 2 aliphatic heterocycles. The molecule has 2 aliphatic rings. The predicted molar refractivity (Wildman–Crippen MR) is 58.2 cm³/mol. The Kier molecular flexibility index (Phi) is 3.71. The van der Waals surface area contributed by atoms with E-state index in [1.807, 2.05) is 0 Å². The van der Waals surface area contributed by atoms with Gasteiger partial charge in [0, 0.05) is 0 Å². The molecule has 0 aromatic heterocycles. The van der Waals surface area contributed by atoms with Crippen molar-refractivity contribution in [1.29, 1.82) is 0 Å². The summed E-state index contributed by atoms with van der Waals surface area (Å²) in [5.74, 6) is -4.52. The van der Waals surface area contributed by atoms with Gasteiger partial charge in [-0.1, -0.05) is 12.2 Å². The summed E-state index contributed by atoms with van der Waals surface area (Å²) in [7, 11) is -5.98. The highest BCUT2D eigenvalue weighted by Crippen LogP contribution is 2.39. The smallest absolute Gasteiger partial charge is 0.369 e. The van der Waals surface area contributed by atoms with E-state index in [9.17, 15) is 31.2 Å². The lowest BCUT2D eigenvalue weighted by Crippen LogP contribution is -2.46. The number of carbonyl (C=O) groups is 2. The summed E-state index contributed by atoms with van der Waals surface area (Å²) in [6.07, 6.45) is 1.25. The lowest BCUT2D eigenvalue weighted by Gasteiger charge is -2.21. The first-order valence-electron chi connectivity index (χ1n) is 5.47. The highest BCUT2D eigenvalue weighted by atomic mass is 32.2. The van der Waals surface area contributed by atoms with Crippen molar-refractivity contribution in [3.05, 3.63) is 12.2 Å². The molecule has 1 saturated heterocycles. The molecule has 8 nitrogen and oxygen atoms in total. The van der Waals surface area contributed by atoms with Gasteiger partial charge in [-0.2, -0.15) is 21.6 Å². The van der Waals surface area contributed by atoms with Gasteiger partial charge in [0.1, 0.15) is 0 Å². The Morgan fingerprint density at radius 1 is 1.19 bits per heavy atom. The Labute approximate surface area is 116 Å². The van der Waals surface area contributed by atoms with Gasteiger partial charge in [0.2, 0.25) is 5.91 Å². The first-order chi connectivity index (χ1) is 9.54. The van der Waals surface area contributed by atoms with Crippen LogP contribution in [-0.4, -0.2) is 37.9 Å². The third-order valence-electron chi connectivity index (χ3n) is 3.07. The molecule has 1 fully saturated rings. The van der Waals surface area contributed by atoms with Crippen molar-refractivity contribution in [2.45, 2.75) is 17.7 Å². The van der Waals surface area contributed by atoms with Crippen LogP contribution in [0.25, 0.3) is 0 Å². The van der Waals surface area contributed by atoms with Crippen molar-refractivity contribution in [2.75, 3.05) is 0 Å². The summed E-state index contributed by atoms with van der Waals surface area (Å²) in [5, 5.41) is 0. The first kappa shape index (κ1) is 15.7. The predicted octanol–water partition coefficient (Wildman–Crippen LogP) is -1.06. The molecule has 12 heteroatoms. The van der Waals surface area contributed by atoms with E-state index in [-0.39, 0.29) is 0 Å². The lowest BCUT2D eigenvalue weighted by molar-refractivity contribution is -0.138. The fourth-order valence-corrected chi connectivity index (χ4v) is 2.46. The molecule has 0 aliphatic carbocycles. The van der Waals surface area contributed by atoms with Crippen molar-refractivity contribution in [3.63, 3.8) is 0 Å². The minimum Gasteiger partial charge on any atom is -0.369 e. The molecule has 0 saturated carbocycles. The van der Waals surface area contributed by atoms with E-state index in [1.165, 1.54) is 17.6 Å². The number of fused-ring (bicyclic) bond motifs is 2. The van der Waals surface area contributed by atoms with Crippen LogP contribution in [-0.2, 0) is 28.7 Å². The second kappa shape index (κ2) is 4.96. The molecule has 2 rings (SSSR count). The highest BCUT2D eigenvalue weighted by Gasteiger charge is 2.53. The van der Waals surface area contributed by atoms with Crippen molar-refractivity contribution in [3.8, 4) is 0 Å². The minimum atomic E-state index is -5.98. The Hall–Kier alpha value is -1.66. The van der Waals surface area contributed by atoms with Crippen LogP contribution in [0.4, 0.5) is 13.2 Å².